The van der Waals surface area contributed by atoms with Crippen LogP contribution in [0, 0.1) is 0 Å². The minimum absolute atomic E-state index is 0.419. The molecular weight excluding hydrogens is 306 g/mol. The van der Waals surface area contributed by atoms with Crippen molar-refractivity contribution in [3.63, 3.8) is 0 Å². The van der Waals surface area contributed by atoms with E-state index < -0.39 is 0 Å². The molecule has 4 aromatic rings. The van der Waals surface area contributed by atoms with Crippen LogP contribution in [0.4, 0.5) is 0 Å². The van der Waals surface area contributed by atoms with Crippen LogP contribution in [0.2, 0.25) is 0 Å². The number of hydrogen-bond donors (Lipinski definition) is 0. The fourth-order valence-corrected chi connectivity index (χ4v) is 2.58. The van der Waals surface area contributed by atoms with Gasteiger partial charge in [-0.25, -0.2) is 0 Å². The summed E-state index contributed by atoms with van der Waals surface area (Å²) in [4.78, 5) is 4.49. The molecule has 3 aromatic heterocycles. The van der Waals surface area contributed by atoms with Crippen molar-refractivity contribution in [1.29, 1.82) is 0 Å². The maximum Gasteiger partial charge on any atom is 0.262 e. The summed E-state index contributed by atoms with van der Waals surface area (Å²) in [7, 11) is 1.61. The molecule has 0 bridgehead atoms. The minimum atomic E-state index is 0.419. The molecule has 0 saturated carbocycles. The van der Waals surface area contributed by atoms with E-state index >= 15 is 0 Å². The Morgan fingerprint density at radius 3 is 2.83 bits per heavy atom. The number of aryl methyl sites for hydroxylation is 1. The molecule has 4 rings (SSSR count). The molecule has 0 unspecified atom stereocenters. The number of aromatic nitrogens is 5. The van der Waals surface area contributed by atoms with Gasteiger partial charge in [-0.3, -0.25) is 4.40 Å². The zero-order chi connectivity index (χ0) is 16.5. The van der Waals surface area contributed by atoms with E-state index in [2.05, 4.69) is 20.3 Å². The zero-order valence-electron chi connectivity index (χ0n) is 13.3. The van der Waals surface area contributed by atoms with Crippen molar-refractivity contribution in [3.8, 4) is 28.6 Å². The second kappa shape index (κ2) is 5.77. The molecule has 7 heteroatoms. The Labute approximate surface area is 137 Å². The van der Waals surface area contributed by atoms with Crippen molar-refractivity contribution in [2.24, 2.45) is 0 Å². The largest absolute Gasteiger partial charge is 0.496 e. The fourth-order valence-electron chi connectivity index (χ4n) is 2.58. The van der Waals surface area contributed by atoms with E-state index in [-0.39, 0.29) is 0 Å². The maximum absolute atomic E-state index is 5.42. The Hall–Kier alpha value is -3.22. The van der Waals surface area contributed by atoms with E-state index in [1.54, 1.807) is 7.11 Å². The van der Waals surface area contributed by atoms with E-state index in [1.165, 1.54) is 0 Å². The molecule has 0 atom stereocenters. The Kier molecular flexibility index (Phi) is 3.45. The van der Waals surface area contributed by atoms with Crippen molar-refractivity contribution in [2.45, 2.75) is 13.3 Å². The van der Waals surface area contributed by atoms with Crippen LogP contribution >= 0.6 is 0 Å². The van der Waals surface area contributed by atoms with Gasteiger partial charge in [0.05, 0.1) is 12.7 Å². The molecule has 0 radical (unpaired) electrons. The lowest BCUT2D eigenvalue weighted by Crippen LogP contribution is -1.93. The summed E-state index contributed by atoms with van der Waals surface area (Å²) < 4.78 is 12.7. The Morgan fingerprint density at radius 2 is 2.00 bits per heavy atom. The van der Waals surface area contributed by atoms with Crippen LogP contribution in [-0.4, -0.2) is 31.8 Å². The van der Waals surface area contributed by atoms with Crippen LogP contribution in [0.5, 0.6) is 5.75 Å². The highest BCUT2D eigenvalue weighted by Gasteiger charge is 2.15. The number of para-hydroxylation sites is 1. The average Bonchev–Trinajstić information content (AvgIpc) is 3.28. The Balaban J connectivity index is 1.77. The Bertz CT molecular complexity index is 1010. The first kappa shape index (κ1) is 14.4. The molecule has 0 fully saturated rings. The molecule has 3 heterocycles. The molecule has 0 amide bonds. The minimum Gasteiger partial charge on any atom is -0.496 e. The second-order valence-corrected chi connectivity index (χ2v) is 5.24. The summed E-state index contributed by atoms with van der Waals surface area (Å²) in [5, 5.41) is 12.4. The normalized spacial score (nSPS) is 11.1. The second-order valence-electron chi connectivity index (χ2n) is 5.24. The molecule has 24 heavy (non-hydrogen) atoms. The maximum atomic E-state index is 5.42. The molecule has 0 saturated heterocycles. The summed E-state index contributed by atoms with van der Waals surface area (Å²) in [6.45, 7) is 2.04. The molecule has 1 aromatic carbocycles. The number of ether oxygens (including phenoxy) is 1. The Morgan fingerprint density at radius 1 is 1.12 bits per heavy atom. The smallest absolute Gasteiger partial charge is 0.262 e. The third kappa shape index (κ3) is 2.30. The van der Waals surface area contributed by atoms with Gasteiger partial charge >= 0.3 is 0 Å². The van der Waals surface area contributed by atoms with Crippen molar-refractivity contribution >= 4 is 5.65 Å². The van der Waals surface area contributed by atoms with Crippen LogP contribution in [0.3, 0.4) is 0 Å². The predicted octanol–water partition coefficient (Wildman–Crippen LogP) is 3.02. The van der Waals surface area contributed by atoms with Gasteiger partial charge in [0.2, 0.25) is 5.82 Å². The van der Waals surface area contributed by atoms with Crippen molar-refractivity contribution in [3.05, 3.63) is 48.4 Å². The van der Waals surface area contributed by atoms with Crippen LogP contribution in [0.25, 0.3) is 28.5 Å². The average molecular weight is 321 g/mol. The highest BCUT2D eigenvalue weighted by molar-refractivity contribution is 5.65. The van der Waals surface area contributed by atoms with Gasteiger partial charge in [0, 0.05) is 18.2 Å². The van der Waals surface area contributed by atoms with E-state index in [0.717, 1.165) is 29.0 Å². The molecule has 0 aliphatic rings. The number of methoxy groups -OCH3 is 1. The van der Waals surface area contributed by atoms with E-state index in [1.807, 2.05) is 53.9 Å². The lowest BCUT2D eigenvalue weighted by atomic mass is 10.2. The first-order valence-corrected chi connectivity index (χ1v) is 7.61. The highest BCUT2D eigenvalue weighted by atomic mass is 16.5. The van der Waals surface area contributed by atoms with Crippen molar-refractivity contribution < 1.29 is 9.26 Å². The number of rotatable bonds is 4. The van der Waals surface area contributed by atoms with E-state index in [0.29, 0.717) is 17.5 Å². The van der Waals surface area contributed by atoms with Crippen molar-refractivity contribution in [2.75, 3.05) is 7.11 Å². The molecule has 7 nitrogen and oxygen atoms in total. The van der Waals surface area contributed by atoms with Gasteiger partial charge in [-0.15, -0.1) is 10.2 Å². The predicted molar refractivity (Wildman–Crippen MR) is 87.6 cm³/mol. The van der Waals surface area contributed by atoms with Gasteiger partial charge in [-0.2, -0.15) is 4.98 Å². The van der Waals surface area contributed by atoms with E-state index in [4.69, 9.17) is 9.26 Å². The first-order valence-electron chi connectivity index (χ1n) is 7.61. The fraction of sp³-hybridized carbons (Fsp3) is 0.176. The van der Waals surface area contributed by atoms with Crippen molar-refractivity contribution in [1.82, 2.24) is 24.7 Å². The zero-order valence-corrected chi connectivity index (χ0v) is 13.3. The summed E-state index contributed by atoms with van der Waals surface area (Å²) in [5.41, 5.74) is 2.39. The summed E-state index contributed by atoms with van der Waals surface area (Å²) in [6.07, 6.45) is 2.72. The molecule has 120 valence electrons. The third-order valence-corrected chi connectivity index (χ3v) is 3.81. The summed E-state index contributed by atoms with van der Waals surface area (Å²) in [5.74, 6) is 2.51. The van der Waals surface area contributed by atoms with Gasteiger partial charge in [0.15, 0.2) is 5.65 Å². The van der Waals surface area contributed by atoms with Crippen LogP contribution in [0.15, 0.2) is 47.1 Å². The highest BCUT2D eigenvalue weighted by Crippen LogP contribution is 2.29. The van der Waals surface area contributed by atoms with Crippen LogP contribution < -0.4 is 4.74 Å². The van der Waals surface area contributed by atoms with Gasteiger partial charge in [0.1, 0.15) is 11.6 Å². The number of hydrogen-bond acceptors (Lipinski definition) is 6. The van der Waals surface area contributed by atoms with Gasteiger partial charge in [0.25, 0.3) is 5.89 Å². The quantitative estimate of drug-likeness (QED) is 0.575. The summed E-state index contributed by atoms with van der Waals surface area (Å²) in [6, 6.07) is 11.3. The molecule has 0 spiro atoms. The van der Waals surface area contributed by atoms with Gasteiger partial charge < -0.3 is 9.26 Å². The first-order chi connectivity index (χ1) is 11.8. The number of pyridine rings is 1. The molecule has 0 N–H and O–H groups in total. The lowest BCUT2D eigenvalue weighted by molar-refractivity contribution is 0.405. The monoisotopic (exact) mass is 321 g/mol. The van der Waals surface area contributed by atoms with Crippen LogP contribution in [0.1, 0.15) is 12.7 Å². The third-order valence-electron chi connectivity index (χ3n) is 3.81. The topological polar surface area (TPSA) is 78.3 Å². The molecular formula is C17H15N5O2. The standard InChI is InChI=1S/C17H15N5O2/c1-3-14-19-20-15-9-8-11(10-22(14)15)16-18-17(24-21-16)12-6-4-5-7-13(12)23-2/h4-10H,3H2,1-2H3. The molecule has 0 aliphatic carbocycles. The number of fused-ring (bicyclic) bond motifs is 1. The van der Waals surface area contributed by atoms with Gasteiger partial charge in [-0.05, 0) is 24.3 Å². The lowest BCUT2D eigenvalue weighted by Gasteiger charge is -2.02. The molecule has 0 aliphatic heterocycles. The van der Waals surface area contributed by atoms with E-state index in [9.17, 15) is 0 Å². The number of nitrogens with zero attached hydrogens (tertiary/aromatic N) is 5. The SMILES string of the molecule is CCc1nnc2ccc(-c3noc(-c4ccccc4OC)n3)cn12. The number of benzene rings is 1. The van der Waals surface area contributed by atoms with Crippen LogP contribution in [-0.2, 0) is 6.42 Å². The summed E-state index contributed by atoms with van der Waals surface area (Å²) >= 11 is 0. The van der Waals surface area contributed by atoms with Gasteiger partial charge in [-0.1, -0.05) is 24.2 Å².